The number of rotatable bonds is 6. The lowest BCUT2D eigenvalue weighted by atomic mass is 10.0. The van der Waals surface area contributed by atoms with E-state index in [0.717, 1.165) is 22.4 Å². The molecule has 0 atom stereocenters. The van der Waals surface area contributed by atoms with Gasteiger partial charge >= 0.3 is 0 Å². The van der Waals surface area contributed by atoms with Gasteiger partial charge in [-0.3, -0.25) is 4.79 Å². The minimum absolute atomic E-state index is 0.0355. The Hall–Kier alpha value is -2.55. The molecule has 1 amide bonds. The highest BCUT2D eigenvalue weighted by molar-refractivity contribution is 5.98. The molecule has 2 aromatic carbocycles. The molecule has 3 heteroatoms. The van der Waals surface area contributed by atoms with Crippen LogP contribution in [0.25, 0.3) is 6.08 Å². The second-order valence-electron chi connectivity index (χ2n) is 5.08. The van der Waals surface area contributed by atoms with E-state index >= 15 is 0 Å². The van der Waals surface area contributed by atoms with E-state index < -0.39 is 0 Å². The van der Waals surface area contributed by atoms with E-state index in [1.807, 2.05) is 74.5 Å². The lowest BCUT2D eigenvalue weighted by molar-refractivity contribution is 0.0955. The second-order valence-corrected chi connectivity index (χ2v) is 5.08. The Bertz CT molecular complexity index is 648. The molecule has 0 saturated heterocycles. The highest BCUT2D eigenvalue weighted by Crippen LogP contribution is 2.16. The van der Waals surface area contributed by atoms with Crippen LogP contribution in [0.5, 0.6) is 0 Å². The summed E-state index contributed by atoms with van der Waals surface area (Å²) in [5.41, 5.74) is 3.87. The maximum atomic E-state index is 12.3. The van der Waals surface area contributed by atoms with Crippen molar-refractivity contribution in [2.45, 2.75) is 13.8 Å². The van der Waals surface area contributed by atoms with Crippen LogP contribution in [0.2, 0.25) is 0 Å². The molecule has 3 nitrogen and oxygen atoms in total. The van der Waals surface area contributed by atoms with Crippen molar-refractivity contribution in [2.75, 3.05) is 18.4 Å². The van der Waals surface area contributed by atoms with Crippen LogP contribution in [0.3, 0.4) is 0 Å². The monoisotopic (exact) mass is 294 g/mol. The molecule has 0 radical (unpaired) electrons. The van der Waals surface area contributed by atoms with Crippen LogP contribution in [0.4, 0.5) is 5.69 Å². The van der Waals surface area contributed by atoms with Crippen molar-refractivity contribution in [3.63, 3.8) is 0 Å². The van der Waals surface area contributed by atoms with Crippen molar-refractivity contribution in [3.8, 4) is 0 Å². The van der Waals surface area contributed by atoms with E-state index in [9.17, 15) is 4.79 Å². The first kappa shape index (κ1) is 15.8. The Kier molecular flexibility index (Phi) is 5.78. The van der Waals surface area contributed by atoms with Gasteiger partial charge in [0.2, 0.25) is 0 Å². The van der Waals surface area contributed by atoms with Crippen LogP contribution in [0.1, 0.15) is 28.4 Å². The summed E-state index contributed by atoms with van der Waals surface area (Å²) in [7, 11) is 0. The fourth-order valence-corrected chi connectivity index (χ4v) is 2.30. The zero-order valence-corrected chi connectivity index (χ0v) is 13.1. The third kappa shape index (κ3) is 4.22. The topological polar surface area (TPSA) is 41.1 Å². The molecule has 22 heavy (non-hydrogen) atoms. The Morgan fingerprint density at radius 3 is 2.55 bits per heavy atom. The number of benzene rings is 2. The van der Waals surface area contributed by atoms with Gasteiger partial charge in [0.1, 0.15) is 0 Å². The first-order chi connectivity index (χ1) is 10.7. The zero-order chi connectivity index (χ0) is 15.8. The quantitative estimate of drug-likeness (QED) is 0.794. The molecule has 2 rings (SSSR count). The minimum atomic E-state index is -0.0355. The maximum absolute atomic E-state index is 12.3. The van der Waals surface area contributed by atoms with Crippen LogP contribution in [0.15, 0.2) is 54.6 Å². The number of nitrogens with one attached hydrogen (secondary N) is 2. The molecule has 2 N–H and O–H groups in total. The molecule has 0 saturated carbocycles. The van der Waals surface area contributed by atoms with Gasteiger partial charge in [0.15, 0.2) is 0 Å². The second kappa shape index (κ2) is 8.03. The van der Waals surface area contributed by atoms with E-state index in [0.29, 0.717) is 13.1 Å². The van der Waals surface area contributed by atoms with E-state index in [4.69, 9.17) is 0 Å². The molecule has 0 bridgehead atoms. The molecule has 0 aliphatic carbocycles. The number of hydrogen-bond donors (Lipinski definition) is 2. The number of carbonyl (C=O) groups is 1. The molecule has 0 aliphatic rings. The lowest BCUT2D eigenvalue weighted by Crippen LogP contribution is -2.29. The van der Waals surface area contributed by atoms with E-state index in [2.05, 4.69) is 10.6 Å². The Morgan fingerprint density at radius 2 is 1.82 bits per heavy atom. The SMILES string of the molecule is CC=Cc1c(C)cccc1C(=O)NCCNc1ccccc1. The van der Waals surface area contributed by atoms with Gasteiger partial charge in [-0.15, -0.1) is 0 Å². The Balaban J connectivity index is 1.91. The number of carbonyl (C=O) groups excluding carboxylic acids is 1. The Labute approximate surface area is 132 Å². The van der Waals surface area contributed by atoms with Gasteiger partial charge in [-0.2, -0.15) is 0 Å². The first-order valence-electron chi connectivity index (χ1n) is 7.52. The normalized spacial score (nSPS) is 10.6. The predicted octanol–water partition coefficient (Wildman–Crippen LogP) is 3.87. The zero-order valence-electron chi connectivity index (χ0n) is 13.1. The molecule has 0 unspecified atom stereocenters. The predicted molar refractivity (Wildman–Crippen MR) is 93.2 cm³/mol. The molecule has 0 fully saturated rings. The summed E-state index contributed by atoms with van der Waals surface area (Å²) in [4.78, 5) is 12.3. The van der Waals surface area contributed by atoms with E-state index in [-0.39, 0.29) is 5.91 Å². The number of aryl methyl sites for hydroxylation is 1. The van der Waals surface area contributed by atoms with Crippen molar-refractivity contribution in [3.05, 3.63) is 71.3 Å². The first-order valence-corrected chi connectivity index (χ1v) is 7.52. The highest BCUT2D eigenvalue weighted by Gasteiger charge is 2.10. The summed E-state index contributed by atoms with van der Waals surface area (Å²) in [6.07, 6.45) is 3.93. The molecule has 0 spiro atoms. The number of allylic oxidation sites excluding steroid dienone is 1. The summed E-state index contributed by atoms with van der Waals surface area (Å²) in [6, 6.07) is 15.8. The van der Waals surface area contributed by atoms with Gasteiger partial charge in [0, 0.05) is 24.3 Å². The number of anilines is 1. The van der Waals surface area contributed by atoms with E-state index in [1.165, 1.54) is 0 Å². The van der Waals surface area contributed by atoms with Gasteiger partial charge in [-0.1, -0.05) is 42.5 Å². The lowest BCUT2D eigenvalue weighted by Gasteiger charge is -2.11. The fraction of sp³-hybridized carbons (Fsp3) is 0.211. The van der Waals surface area contributed by atoms with Gasteiger partial charge in [0.05, 0.1) is 0 Å². The molecular formula is C19H22N2O. The largest absolute Gasteiger partial charge is 0.383 e. The third-order valence-corrected chi connectivity index (χ3v) is 3.42. The number of amides is 1. The third-order valence-electron chi connectivity index (χ3n) is 3.42. The molecule has 114 valence electrons. The summed E-state index contributed by atoms with van der Waals surface area (Å²) >= 11 is 0. The van der Waals surface area contributed by atoms with Crippen molar-refractivity contribution >= 4 is 17.7 Å². The molecule has 2 aromatic rings. The van der Waals surface area contributed by atoms with E-state index in [1.54, 1.807) is 0 Å². The van der Waals surface area contributed by atoms with Gasteiger partial charge in [0.25, 0.3) is 5.91 Å². The highest BCUT2D eigenvalue weighted by atomic mass is 16.1. The van der Waals surface area contributed by atoms with Gasteiger partial charge in [-0.05, 0) is 43.2 Å². The van der Waals surface area contributed by atoms with Crippen LogP contribution in [0, 0.1) is 6.92 Å². The van der Waals surface area contributed by atoms with Crippen LogP contribution in [-0.2, 0) is 0 Å². The van der Waals surface area contributed by atoms with Crippen LogP contribution >= 0.6 is 0 Å². The van der Waals surface area contributed by atoms with Crippen molar-refractivity contribution in [1.29, 1.82) is 0 Å². The molecular weight excluding hydrogens is 272 g/mol. The maximum Gasteiger partial charge on any atom is 0.251 e. The molecule has 0 aromatic heterocycles. The van der Waals surface area contributed by atoms with Gasteiger partial charge in [-0.25, -0.2) is 0 Å². The molecule has 0 aliphatic heterocycles. The number of para-hydroxylation sites is 1. The standard InChI is InChI=1S/C19H22N2O/c1-3-8-17-15(2)9-7-12-18(17)19(22)21-14-13-20-16-10-5-4-6-11-16/h3-12,20H,13-14H2,1-2H3,(H,21,22). The summed E-state index contributed by atoms with van der Waals surface area (Å²) in [5, 5.41) is 6.23. The Morgan fingerprint density at radius 1 is 1.05 bits per heavy atom. The minimum Gasteiger partial charge on any atom is -0.383 e. The summed E-state index contributed by atoms with van der Waals surface area (Å²) in [6.45, 7) is 5.25. The van der Waals surface area contributed by atoms with Crippen molar-refractivity contribution < 1.29 is 4.79 Å². The molecule has 0 heterocycles. The smallest absolute Gasteiger partial charge is 0.251 e. The number of hydrogen-bond acceptors (Lipinski definition) is 2. The van der Waals surface area contributed by atoms with Crippen LogP contribution in [-0.4, -0.2) is 19.0 Å². The summed E-state index contributed by atoms with van der Waals surface area (Å²) < 4.78 is 0. The van der Waals surface area contributed by atoms with Crippen molar-refractivity contribution in [1.82, 2.24) is 5.32 Å². The average Bonchev–Trinajstić information content (AvgIpc) is 2.54. The van der Waals surface area contributed by atoms with Gasteiger partial charge < -0.3 is 10.6 Å². The average molecular weight is 294 g/mol. The summed E-state index contributed by atoms with van der Waals surface area (Å²) in [5.74, 6) is -0.0355. The van der Waals surface area contributed by atoms with Crippen molar-refractivity contribution in [2.24, 2.45) is 0 Å². The van der Waals surface area contributed by atoms with Crippen LogP contribution < -0.4 is 10.6 Å². The fourth-order valence-electron chi connectivity index (χ4n) is 2.30.